The lowest BCUT2D eigenvalue weighted by molar-refractivity contribution is 1.02. The van der Waals surface area contributed by atoms with Gasteiger partial charge in [0.25, 0.3) is 0 Å². The molecular formula is C36H20N6. The first-order valence-corrected chi connectivity index (χ1v) is 13.6. The zero-order chi connectivity index (χ0) is 28.2. The maximum absolute atomic E-state index is 9.61. The van der Waals surface area contributed by atoms with Gasteiger partial charge < -0.3 is 4.57 Å². The Hall–Kier alpha value is -6.24. The molecule has 42 heavy (non-hydrogen) atoms. The number of aromatic nitrogens is 4. The summed E-state index contributed by atoms with van der Waals surface area (Å²) in [5, 5.41) is 23.5. The van der Waals surface area contributed by atoms with Gasteiger partial charge in [0.1, 0.15) is 12.1 Å². The van der Waals surface area contributed by atoms with Crippen LogP contribution in [0.5, 0.6) is 0 Å². The third-order valence-electron chi connectivity index (χ3n) is 7.90. The van der Waals surface area contributed by atoms with Crippen LogP contribution < -0.4 is 0 Å². The highest BCUT2D eigenvalue weighted by atomic mass is 15.1. The van der Waals surface area contributed by atoms with Crippen LogP contribution in [-0.4, -0.2) is 19.1 Å². The fourth-order valence-corrected chi connectivity index (χ4v) is 6.15. The average Bonchev–Trinajstić information content (AvgIpc) is 3.57. The third kappa shape index (κ3) is 3.37. The van der Waals surface area contributed by atoms with Crippen molar-refractivity contribution in [2.45, 2.75) is 0 Å². The normalized spacial score (nSPS) is 11.3. The highest BCUT2D eigenvalue weighted by Gasteiger charge is 2.19. The summed E-state index contributed by atoms with van der Waals surface area (Å²) in [6.07, 6.45) is 1.56. The Morgan fingerprint density at radius 1 is 0.548 bits per heavy atom. The second kappa shape index (κ2) is 9.16. The number of fused-ring (bicyclic) bond motifs is 6. The average molecular weight is 537 g/mol. The molecule has 0 aliphatic rings. The molecule has 0 aliphatic heterocycles. The van der Waals surface area contributed by atoms with Gasteiger partial charge in [-0.25, -0.2) is 9.97 Å². The molecule has 0 amide bonds. The van der Waals surface area contributed by atoms with E-state index >= 15 is 0 Å². The minimum atomic E-state index is 0.0114. The third-order valence-corrected chi connectivity index (χ3v) is 7.90. The Kier molecular flexibility index (Phi) is 5.15. The minimum Gasteiger partial charge on any atom is -0.309 e. The van der Waals surface area contributed by atoms with Crippen LogP contribution in [0, 0.1) is 22.7 Å². The number of benzene rings is 5. The minimum absolute atomic E-state index is 0.0114. The first-order valence-electron chi connectivity index (χ1n) is 13.6. The Labute approximate surface area is 240 Å². The van der Waals surface area contributed by atoms with Crippen LogP contribution in [0.4, 0.5) is 0 Å². The van der Waals surface area contributed by atoms with Crippen molar-refractivity contribution in [2.75, 3.05) is 0 Å². The van der Waals surface area contributed by atoms with Gasteiger partial charge in [-0.3, -0.25) is 4.57 Å². The quantitative estimate of drug-likeness (QED) is 0.228. The maximum atomic E-state index is 9.61. The summed E-state index contributed by atoms with van der Waals surface area (Å²) in [6.45, 7) is 0. The molecular weight excluding hydrogens is 516 g/mol. The molecule has 5 aromatic carbocycles. The second-order valence-electron chi connectivity index (χ2n) is 10.1. The van der Waals surface area contributed by atoms with E-state index in [0.717, 1.165) is 44.1 Å². The van der Waals surface area contributed by atoms with Gasteiger partial charge in [0, 0.05) is 27.2 Å². The summed E-state index contributed by atoms with van der Waals surface area (Å²) in [6, 6.07) is 44.1. The summed E-state index contributed by atoms with van der Waals surface area (Å²) in [4.78, 5) is 8.77. The van der Waals surface area contributed by atoms with Crippen molar-refractivity contribution in [3.8, 4) is 34.8 Å². The van der Waals surface area contributed by atoms with Crippen molar-refractivity contribution in [3.63, 3.8) is 0 Å². The molecule has 0 saturated carbocycles. The van der Waals surface area contributed by atoms with E-state index in [9.17, 15) is 10.5 Å². The summed E-state index contributed by atoms with van der Waals surface area (Å²) < 4.78 is 4.33. The standard InChI is InChI=1S/C36H20N6/c37-20-29-30(21-38)40-35(22-39-29)42-32-15-7-5-12-27(32)36-25(13-8-16-34(36)42)23-17-18-33-28(19-23)26-11-4-6-14-31(26)41(33)24-9-2-1-3-10-24/h1-19,22H. The highest BCUT2D eigenvalue weighted by molar-refractivity contribution is 6.17. The topological polar surface area (TPSA) is 83.2 Å². The summed E-state index contributed by atoms with van der Waals surface area (Å²) in [7, 11) is 0. The van der Waals surface area contributed by atoms with Crippen LogP contribution in [0.3, 0.4) is 0 Å². The lowest BCUT2D eigenvalue weighted by Crippen LogP contribution is -2.03. The van der Waals surface area contributed by atoms with Crippen LogP contribution >= 0.6 is 0 Å². The molecule has 3 heterocycles. The maximum Gasteiger partial charge on any atom is 0.179 e. The SMILES string of the molecule is N#Cc1ncc(-n2c3ccccc3c3c(-c4ccc5c(c4)c4ccccc4n5-c4ccccc4)cccc32)nc1C#N. The largest absolute Gasteiger partial charge is 0.309 e. The molecule has 8 aromatic rings. The number of nitriles is 2. The number of rotatable bonds is 3. The van der Waals surface area contributed by atoms with Crippen molar-refractivity contribution in [2.24, 2.45) is 0 Å². The fraction of sp³-hybridized carbons (Fsp3) is 0. The molecule has 0 unspecified atom stereocenters. The van der Waals surface area contributed by atoms with Gasteiger partial charge in [-0.15, -0.1) is 0 Å². The predicted molar refractivity (Wildman–Crippen MR) is 166 cm³/mol. The first-order chi connectivity index (χ1) is 20.8. The summed E-state index contributed by atoms with van der Waals surface area (Å²) >= 11 is 0. The molecule has 6 heteroatoms. The van der Waals surface area contributed by atoms with Crippen molar-refractivity contribution in [1.82, 2.24) is 19.1 Å². The second-order valence-corrected chi connectivity index (χ2v) is 10.1. The lowest BCUT2D eigenvalue weighted by atomic mass is 9.98. The van der Waals surface area contributed by atoms with E-state index in [1.807, 2.05) is 47.0 Å². The highest BCUT2D eigenvalue weighted by Crippen LogP contribution is 2.40. The Morgan fingerprint density at radius 2 is 1.21 bits per heavy atom. The molecule has 0 radical (unpaired) electrons. The predicted octanol–water partition coefficient (Wildman–Crippen LogP) is 8.08. The zero-order valence-corrected chi connectivity index (χ0v) is 22.2. The van der Waals surface area contributed by atoms with Crippen LogP contribution in [0.15, 0.2) is 121 Å². The molecule has 6 nitrogen and oxygen atoms in total. The van der Waals surface area contributed by atoms with E-state index in [1.165, 1.54) is 16.3 Å². The Balaban J connectivity index is 1.41. The lowest BCUT2D eigenvalue weighted by Gasteiger charge is -2.09. The van der Waals surface area contributed by atoms with E-state index in [0.29, 0.717) is 5.82 Å². The van der Waals surface area contributed by atoms with Crippen LogP contribution in [0.25, 0.3) is 66.2 Å². The van der Waals surface area contributed by atoms with Crippen molar-refractivity contribution in [1.29, 1.82) is 10.5 Å². The van der Waals surface area contributed by atoms with E-state index in [-0.39, 0.29) is 11.4 Å². The summed E-state index contributed by atoms with van der Waals surface area (Å²) in [5.74, 6) is 0.496. The smallest absolute Gasteiger partial charge is 0.179 e. The van der Waals surface area contributed by atoms with Crippen LogP contribution in [-0.2, 0) is 0 Å². The monoisotopic (exact) mass is 536 g/mol. The van der Waals surface area contributed by atoms with Crippen molar-refractivity contribution in [3.05, 3.63) is 133 Å². The van der Waals surface area contributed by atoms with Crippen molar-refractivity contribution < 1.29 is 0 Å². The Bertz CT molecular complexity index is 2430. The molecule has 0 aliphatic carbocycles. The van der Waals surface area contributed by atoms with E-state index < -0.39 is 0 Å². The van der Waals surface area contributed by atoms with E-state index in [2.05, 4.69) is 99.5 Å². The van der Waals surface area contributed by atoms with Gasteiger partial charge in [-0.05, 0) is 53.6 Å². The molecule has 8 rings (SSSR count). The van der Waals surface area contributed by atoms with E-state index in [4.69, 9.17) is 0 Å². The first kappa shape index (κ1) is 23.6. The summed E-state index contributed by atoms with van der Waals surface area (Å²) in [5.41, 5.74) is 7.58. The van der Waals surface area contributed by atoms with Gasteiger partial charge in [0.2, 0.25) is 0 Å². The van der Waals surface area contributed by atoms with Crippen LogP contribution in [0.1, 0.15) is 11.4 Å². The van der Waals surface area contributed by atoms with Crippen LogP contribution in [0.2, 0.25) is 0 Å². The van der Waals surface area contributed by atoms with Gasteiger partial charge in [-0.2, -0.15) is 10.5 Å². The van der Waals surface area contributed by atoms with Gasteiger partial charge in [-0.1, -0.05) is 72.8 Å². The molecule has 0 spiro atoms. The number of hydrogen-bond donors (Lipinski definition) is 0. The molecule has 194 valence electrons. The Morgan fingerprint density at radius 3 is 2.00 bits per heavy atom. The zero-order valence-electron chi connectivity index (χ0n) is 22.2. The molecule has 0 saturated heterocycles. The van der Waals surface area contributed by atoms with Gasteiger partial charge in [0.15, 0.2) is 17.2 Å². The van der Waals surface area contributed by atoms with Gasteiger partial charge in [0.05, 0.1) is 28.3 Å². The molecule has 0 atom stereocenters. The fourth-order valence-electron chi connectivity index (χ4n) is 6.15. The molecule has 0 fully saturated rings. The number of nitrogens with zero attached hydrogens (tertiary/aromatic N) is 6. The van der Waals surface area contributed by atoms with E-state index in [1.54, 1.807) is 6.20 Å². The molecule has 3 aromatic heterocycles. The van der Waals surface area contributed by atoms with Crippen molar-refractivity contribution >= 4 is 43.6 Å². The molecule has 0 N–H and O–H groups in total. The number of hydrogen-bond acceptors (Lipinski definition) is 4. The molecule has 0 bridgehead atoms. The number of para-hydroxylation sites is 3. The van der Waals surface area contributed by atoms with Gasteiger partial charge >= 0.3 is 0 Å².